The summed E-state index contributed by atoms with van der Waals surface area (Å²) in [6, 6.07) is 9.79. The minimum atomic E-state index is -5.08. The molecule has 0 unspecified atom stereocenters. The molecular formula is C15H14F6N4O2. The molecule has 0 bridgehead atoms. The number of halogens is 6. The molecule has 0 fully saturated rings. The Bertz CT molecular complexity index is 789. The first kappa shape index (κ1) is 20.7. The Labute approximate surface area is 148 Å². The third-order valence-corrected chi connectivity index (χ3v) is 3.59. The van der Waals surface area contributed by atoms with Gasteiger partial charge in [0.15, 0.2) is 0 Å². The lowest BCUT2D eigenvalue weighted by Crippen LogP contribution is -2.35. The van der Waals surface area contributed by atoms with Crippen LogP contribution in [0.15, 0.2) is 40.6 Å². The molecule has 0 amide bonds. The van der Waals surface area contributed by atoms with Crippen molar-refractivity contribution in [3.05, 3.63) is 36.0 Å². The van der Waals surface area contributed by atoms with Gasteiger partial charge in [0, 0.05) is 30.7 Å². The van der Waals surface area contributed by atoms with Crippen LogP contribution in [0.1, 0.15) is 12.1 Å². The van der Waals surface area contributed by atoms with Gasteiger partial charge in [0.25, 0.3) is 5.66 Å². The molecule has 1 aromatic heterocycles. The standard InChI is InChI=1S/C13H13F3N4.C2HF3O2/c14-13(15,16)12(19-20-12)5-6-17-8-10-7-9-3-1-2-4-11(9)18-10;3-2(4,5)1(6)7/h1-4,7,17-18H,5-6,8H2;(H,6,7). The molecule has 0 saturated heterocycles. The number of hydrogen-bond donors (Lipinski definition) is 3. The second-order valence-electron chi connectivity index (χ2n) is 5.63. The highest BCUT2D eigenvalue weighted by Crippen LogP contribution is 2.46. The molecule has 27 heavy (non-hydrogen) atoms. The van der Waals surface area contributed by atoms with Crippen molar-refractivity contribution >= 4 is 16.9 Å². The fourth-order valence-electron chi connectivity index (χ4n) is 2.13. The Morgan fingerprint density at radius 2 is 1.74 bits per heavy atom. The van der Waals surface area contributed by atoms with Crippen LogP contribution < -0.4 is 5.32 Å². The minimum absolute atomic E-state index is 0.156. The van der Waals surface area contributed by atoms with E-state index in [1.807, 2.05) is 30.3 Å². The Balaban J connectivity index is 0.000000321. The van der Waals surface area contributed by atoms with Gasteiger partial charge in [-0.1, -0.05) is 18.2 Å². The van der Waals surface area contributed by atoms with Gasteiger partial charge in [-0.3, -0.25) is 0 Å². The average molecular weight is 396 g/mol. The van der Waals surface area contributed by atoms with Gasteiger partial charge in [-0.05, 0) is 17.5 Å². The number of carbonyl (C=O) groups is 1. The average Bonchev–Trinajstić information content (AvgIpc) is 3.24. The number of para-hydroxylation sites is 1. The molecule has 0 radical (unpaired) electrons. The fraction of sp³-hybridized carbons (Fsp3) is 0.400. The first-order chi connectivity index (χ1) is 12.4. The topological polar surface area (TPSA) is 89.8 Å². The summed E-state index contributed by atoms with van der Waals surface area (Å²) in [5.41, 5.74) is -0.194. The normalized spacial score (nSPS) is 15.3. The van der Waals surface area contributed by atoms with E-state index in [0.717, 1.165) is 16.6 Å². The fourth-order valence-corrected chi connectivity index (χ4v) is 2.13. The van der Waals surface area contributed by atoms with E-state index in [1.54, 1.807) is 0 Å². The molecular weight excluding hydrogens is 382 g/mol. The smallest absolute Gasteiger partial charge is 0.475 e. The highest BCUT2D eigenvalue weighted by molar-refractivity contribution is 5.80. The molecule has 0 spiro atoms. The van der Waals surface area contributed by atoms with Gasteiger partial charge in [-0.2, -0.15) is 26.3 Å². The maximum Gasteiger partial charge on any atom is 0.490 e. The van der Waals surface area contributed by atoms with E-state index < -0.39 is 24.0 Å². The third-order valence-electron chi connectivity index (χ3n) is 3.59. The second-order valence-corrected chi connectivity index (χ2v) is 5.63. The van der Waals surface area contributed by atoms with E-state index in [1.165, 1.54) is 0 Å². The predicted octanol–water partition coefficient (Wildman–Crippen LogP) is 4.01. The zero-order chi connectivity index (χ0) is 20.3. The number of aromatic amines is 1. The highest BCUT2D eigenvalue weighted by Gasteiger charge is 2.63. The van der Waals surface area contributed by atoms with E-state index in [2.05, 4.69) is 20.5 Å². The van der Waals surface area contributed by atoms with Crippen LogP contribution in [0.4, 0.5) is 26.3 Å². The molecule has 0 saturated carbocycles. The Morgan fingerprint density at radius 1 is 1.15 bits per heavy atom. The first-order valence-corrected chi connectivity index (χ1v) is 7.53. The molecule has 2 heterocycles. The van der Waals surface area contributed by atoms with Crippen LogP contribution in [-0.2, 0) is 11.3 Å². The first-order valence-electron chi connectivity index (χ1n) is 7.53. The van der Waals surface area contributed by atoms with Crippen LogP contribution in [-0.4, -0.2) is 40.6 Å². The molecule has 1 aliphatic heterocycles. The van der Waals surface area contributed by atoms with E-state index in [9.17, 15) is 26.3 Å². The van der Waals surface area contributed by atoms with Crippen LogP contribution in [0, 0.1) is 0 Å². The molecule has 148 valence electrons. The van der Waals surface area contributed by atoms with Crippen LogP contribution in [0.25, 0.3) is 10.9 Å². The molecule has 6 nitrogen and oxygen atoms in total. The Kier molecular flexibility index (Phi) is 5.78. The number of benzene rings is 1. The van der Waals surface area contributed by atoms with Crippen LogP contribution in [0.2, 0.25) is 0 Å². The van der Waals surface area contributed by atoms with Crippen molar-refractivity contribution in [2.24, 2.45) is 10.2 Å². The van der Waals surface area contributed by atoms with E-state index in [4.69, 9.17) is 9.90 Å². The van der Waals surface area contributed by atoms with Crippen molar-refractivity contribution in [2.75, 3.05) is 6.54 Å². The molecule has 1 aromatic carbocycles. The lowest BCUT2D eigenvalue weighted by Gasteiger charge is -2.14. The van der Waals surface area contributed by atoms with Gasteiger partial charge in [0.1, 0.15) is 0 Å². The van der Waals surface area contributed by atoms with Gasteiger partial charge >= 0.3 is 18.3 Å². The molecule has 1 aliphatic rings. The lowest BCUT2D eigenvalue weighted by atomic mass is 10.1. The molecule has 3 rings (SSSR count). The number of rotatable bonds is 5. The number of nitrogens with one attached hydrogen (secondary N) is 2. The highest BCUT2D eigenvalue weighted by atomic mass is 19.4. The summed E-state index contributed by atoms with van der Waals surface area (Å²) in [4.78, 5) is 12.1. The summed E-state index contributed by atoms with van der Waals surface area (Å²) in [5.74, 6) is -2.76. The number of alkyl halides is 6. The predicted molar refractivity (Wildman–Crippen MR) is 82.0 cm³/mol. The second kappa shape index (κ2) is 7.55. The summed E-state index contributed by atoms with van der Waals surface area (Å²) in [7, 11) is 0. The monoisotopic (exact) mass is 396 g/mol. The van der Waals surface area contributed by atoms with E-state index in [-0.39, 0.29) is 13.0 Å². The summed E-state index contributed by atoms with van der Waals surface area (Å²) in [6.45, 7) is 0.699. The summed E-state index contributed by atoms with van der Waals surface area (Å²) in [6.07, 6.45) is -9.62. The number of aliphatic carboxylic acids is 1. The quantitative estimate of drug-likeness (QED) is 0.527. The minimum Gasteiger partial charge on any atom is -0.475 e. The third kappa shape index (κ3) is 5.42. The Hall–Kier alpha value is -2.63. The zero-order valence-corrected chi connectivity index (χ0v) is 13.5. The summed E-state index contributed by atoms with van der Waals surface area (Å²) in [5, 5.41) is 17.5. The molecule has 3 N–H and O–H groups in total. The van der Waals surface area contributed by atoms with Gasteiger partial charge in [-0.15, -0.1) is 10.2 Å². The van der Waals surface area contributed by atoms with Gasteiger partial charge in [-0.25, -0.2) is 4.79 Å². The molecule has 0 aliphatic carbocycles. The van der Waals surface area contributed by atoms with Crippen LogP contribution in [0.3, 0.4) is 0 Å². The van der Waals surface area contributed by atoms with Gasteiger partial charge in [0.2, 0.25) is 0 Å². The van der Waals surface area contributed by atoms with Crippen molar-refractivity contribution in [3.8, 4) is 0 Å². The van der Waals surface area contributed by atoms with Crippen molar-refractivity contribution < 1.29 is 36.2 Å². The maximum absolute atomic E-state index is 12.6. The van der Waals surface area contributed by atoms with Gasteiger partial charge < -0.3 is 15.4 Å². The summed E-state index contributed by atoms with van der Waals surface area (Å²) < 4.78 is 69.4. The lowest BCUT2D eigenvalue weighted by molar-refractivity contribution is -0.192. The molecule has 2 aromatic rings. The zero-order valence-electron chi connectivity index (χ0n) is 13.5. The van der Waals surface area contributed by atoms with Crippen LogP contribution in [0.5, 0.6) is 0 Å². The van der Waals surface area contributed by atoms with E-state index in [0.29, 0.717) is 6.54 Å². The van der Waals surface area contributed by atoms with Crippen molar-refractivity contribution in [1.82, 2.24) is 10.3 Å². The van der Waals surface area contributed by atoms with Gasteiger partial charge in [0.05, 0.1) is 0 Å². The largest absolute Gasteiger partial charge is 0.490 e. The van der Waals surface area contributed by atoms with Crippen LogP contribution >= 0.6 is 0 Å². The number of hydrogen-bond acceptors (Lipinski definition) is 4. The molecule has 0 atom stereocenters. The number of H-pyrrole nitrogens is 1. The molecule has 12 heteroatoms. The SMILES string of the molecule is FC(F)(F)C1(CCNCc2cc3ccccc3[nH]2)N=N1.O=C(O)C(F)(F)F. The summed E-state index contributed by atoms with van der Waals surface area (Å²) >= 11 is 0. The van der Waals surface area contributed by atoms with Crippen molar-refractivity contribution in [2.45, 2.75) is 31.0 Å². The number of carboxylic acid groups (broad SMARTS) is 1. The Morgan fingerprint density at radius 3 is 2.22 bits per heavy atom. The number of carboxylic acids is 1. The number of aromatic nitrogens is 1. The van der Waals surface area contributed by atoms with Crippen molar-refractivity contribution in [3.63, 3.8) is 0 Å². The van der Waals surface area contributed by atoms with Crippen molar-refractivity contribution in [1.29, 1.82) is 0 Å². The van der Waals surface area contributed by atoms with E-state index >= 15 is 0 Å². The number of nitrogens with zero attached hydrogens (tertiary/aromatic N) is 2. The number of fused-ring (bicyclic) bond motifs is 1. The maximum atomic E-state index is 12.6.